The molecule has 0 saturated carbocycles. The molecule has 1 atom stereocenters. The molecule has 3 heterocycles. The van der Waals surface area contributed by atoms with Gasteiger partial charge in [-0.2, -0.15) is 8.42 Å². The molecule has 2 aliphatic rings. The smallest absolute Gasteiger partial charge is 0.329 e. The summed E-state index contributed by atoms with van der Waals surface area (Å²) in [6.45, 7) is -0.674. The van der Waals surface area contributed by atoms with Gasteiger partial charge in [0.05, 0.1) is 11.0 Å². The normalized spacial score (nSPS) is 17.3. The standard InChI is InChI=1S/C34H29FN6O8S/c1-39-26-15-20(6-9-24(26)41(34(39)47)25-10-12-29(44)37-33(25)46)19-4-2-3-18(13-19)5-11-28(43)36-22-7-8-23-21(14-22)16-27(42)32(31(23)35)40-17-30(45)38-50(40,48)49/h2-4,6-9,13-16,25,42H,5,10-12,17H2,1H3,(H,36,43)(H,38,45)(H,37,44,46). The third kappa shape index (κ3) is 5.72. The maximum absolute atomic E-state index is 15.4. The molecule has 50 heavy (non-hydrogen) atoms. The largest absolute Gasteiger partial charge is 0.506 e. The van der Waals surface area contributed by atoms with Gasteiger partial charge in [-0.05, 0) is 71.3 Å². The number of rotatable bonds is 7. The molecule has 7 rings (SSSR count). The number of piperidine rings is 1. The minimum Gasteiger partial charge on any atom is -0.506 e. The Bertz CT molecular complexity index is 2470. The zero-order valence-corrected chi connectivity index (χ0v) is 27.2. The van der Waals surface area contributed by atoms with E-state index in [0.717, 1.165) is 22.8 Å². The molecule has 4 N–H and O–H groups in total. The molecule has 2 fully saturated rings. The molecule has 2 aliphatic heterocycles. The molecule has 4 amide bonds. The number of imide groups is 1. The van der Waals surface area contributed by atoms with E-state index >= 15 is 4.39 Å². The van der Waals surface area contributed by atoms with Gasteiger partial charge in [0.1, 0.15) is 24.0 Å². The van der Waals surface area contributed by atoms with Crippen LogP contribution in [0.25, 0.3) is 32.9 Å². The van der Waals surface area contributed by atoms with Gasteiger partial charge in [-0.25, -0.2) is 18.2 Å². The van der Waals surface area contributed by atoms with E-state index in [4.69, 9.17) is 0 Å². The van der Waals surface area contributed by atoms with Crippen molar-refractivity contribution in [1.29, 1.82) is 0 Å². The van der Waals surface area contributed by atoms with Gasteiger partial charge in [0, 0.05) is 31.0 Å². The Morgan fingerprint density at radius 2 is 1.76 bits per heavy atom. The Morgan fingerprint density at radius 3 is 2.50 bits per heavy atom. The molecule has 5 aromatic rings. The third-order valence-electron chi connectivity index (χ3n) is 8.90. The number of aromatic hydroxyl groups is 1. The number of carbonyl (C=O) groups is 4. The zero-order valence-electron chi connectivity index (χ0n) is 26.4. The van der Waals surface area contributed by atoms with Crippen molar-refractivity contribution in [2.75, 3.05) is 16.2 Å². The van der Waals surface area contributed by atoms with Crippen molar-refractivity contribution in [2.24, 2.45) is 7.05 Å². The van der Waals surface area contributed by atoms with Crippen LogP contribution in [0.4, 0.5) is 15.8 Å². The van der Waals surface area contributed by atoms with Crippen LogP contribution in [0.2, 0.25) is 0 Å². The number of benzene rings is 4. The molecule has 0 spiro atoms. The lowest BCUT2D eigenvalue weighted by atomic mass is 10.00. The summed E-state index contributed by atoms with van der Waals surface area (Å²) in [5, 5.41) is 15.7. The van der Waals surface area contributed by atoms with Crippen LogP contribution in [0.1, 0.15) is 30.9 Å². The van der Waals surface area contributed by atoms with Crippen molar-refractivity contribution in [2.45, 2.75) is 31.7 Å². The number of anilines is 2. The average Bonchev–Trinajstić information content (AvgIpc) is 3.48. The number of phenolic OH excluding ortho intramolecular Hbond substituents is 1. The van der Waals surface area contributed by atoms with Gasteiger partial charge in [-0.3, -0.25) is 33.6 Å². The van der Waals surface area contributed by atoms with E-state index < -0.39 is 51.9 Å². The summed E-state index contributed by atoms with van der Waals surface area (Å²) >= 11 is 0. The SMILES string of the molecule is Cn1c(=O)n(C2CCC(=O)NC2=O)c2ccc(-c3cccc(CCC(=O)Nc4ccc5c(F)c(N6CC(=O)NS6(=O)=O)c(O)cc5c4)c3)cc21. The number of nitrogens with zero attached hydrogens (tertiary/aromatic N) is 3. The van der Waals surface area contributed by atoms with Gasteiger partial charge in [-0.15, -0.1) is 0 Å². The van der Waals surface area contributed by atoms with Crippen LogP contribution in [-0.4, -0.2) is 52.8 Å². The van der Waals surface area contributed by atoms with Gasteiger partial charge in [0.25, 0.3) is 5.91 Å². The predicted octanol–water partition coefficient (Wildman–Crippen LogP) is 2.73. The second kappa shape index (κ2) is 12.1. The van der Waals surface area contributed by atoms with E-state index in [9.17, 15) is 37.5 Å². The van der Waals surface area contributed by atoms with Gasteiger partial charge in [0.2, 0.25) is 17.7 Å². The maximum atomic E-state index is 15.4. The average molecular weight is 701 g/mol. The predicted molar refractivity (Wildman–Crippen MR) is 181 cm³/mol. The summed E-state index contributed by atoms with van der Waals surface area (Å²) < 4.78 is 44.9. The van der Waals surface area contributed by atoms with Gasteiger partial charge >= 0.3 is 15.9 Å². The number of amides is 4. The molecular formula is C34H29FN6O8S. The van der Waals surface area contributed by atoms with Gasteiger partial charge < -0.3 is 10.4 Å². The Morgan fingerprint density at radius 1 is 0.980 bits per heavy atom. The van der Waals surface area contributed by atoms with E-state index in [1.54, 1.807) is 17.8 Å². The summed E-state index contributed by atoms with van der Waals surface area (Å²) in [5.74, 6) is -3.77. The number of fused-ring (bicyclic) bond motifs is 2. The van der Waals surface area contributed by atoms with E-state index in [1.807, 2.05) is 36.4 Å². The fourth-order valence-electron chi connectivity index (χ4n) is 6.46. The topological polar surface area (TPSA) is 189 Å². The lowest BCUT2D eigenvalue weighted by molar-refractivity contribution is -0.135. The molecule has 14 nitrogen and oxygen atoms in total. The minimum atomic E-state index is -4.35. The molecule has 0 radical (unpaired) electrons. The van der Waals surface area contributed by atoms with Crippen LogP contribution >= 0.6 is 0 Å². The number of hydrogen-bond donors (Lipinski definition) is 4. The zero-order chi connectivity index (χ0) is 35.5. The van der Waals surface area contributed by atoms with E-state index in [1.165, 1.54) is 27.3 Å². The number of imidazole rings is 1. The first kappa shape index (κ1) is 32.5. The van der Waals surface area contributed by atoms with Crippen LogP contribution in [0.3, 0.4) is 0 Å². The highest BCUT2D eigenvalue weighted by atomic mass is 32.2. The second-order valence-electron chi connectivity index (χ2n) is 12.2. The third-order valence-corrected chi connectivity index (χ3v) is 10.3. The number of halogens is 1. The Balaban J connectivity index is 1.06. The van der Waals surface area contributed by atoms with Crippen LogP contribution in [0.15, 0.2) is 71.5 Å². The molecule has 16 heteroatoms. The molecule has 4 aromatic carbocycles. The number of hydrogen-bond acceptors (Lipinski definition) is 8. The summed E-state index contributed by atoms with van der Waals surface area (Å²) in [4.78, 5) is 61.8. The van der Waals surface area contributed by atoms with Crippen molar-refractivity contribution in [3.05, 3.63) is 88.6 Å². The Hall–Kier alpha value is -6.03. The minimum absolute atomic E-state index is 0.0204. The van der Waals surface area contributed by atoms with Crippen LogP contribution in [-0.2, 0) is 42.9 Å². The van der Waals surface area contributed by atoms with Crippen molar-refractivity contribution in [3.8, 4) is 16.9 Å². The van der Waals surface area contributed by atoms with Gasteiger partial charge in [-0.1, -0.05) is 30.3 Å². The number of aromatic nitrogens is 2. The summed E-state index contributed by atoms with van der Waals surface area (Å²) in [7, 11) is -2.73. The Labute approximate surface area is 283 Å². The lowest BCUT2D eigenvalue weighted by Crippen LogP contribution is -2.44. The van der Waals surface area contributed by atoms with Crippen LogP contribution < -0.4 is 25.4 Å². The highest BCUT2D eigenvalue weighted by molar-refractivity contribution is 7.92. The number of nitrogens with one attached hydrogen (secondary N) is 3. The number of aryl methyl sites for hydroxylation is 2. The van der Waals surface area contributed by atoms with Crippen molar-refractivity contribution in [3.63, 3.8) is 0 Å². The van der Waals surface area contributed by atoms with Crippen molar-refractivity contribution >= 4 is 67.0 Å². The quantitative estimate of drug-likeness (QED) is 0.187. The lowest BCUT2D eigenvalue weighted by Gasteiger charge is -2.21. The summed E-state index contributed by atoms with van der Waals surface area (Å²) in [6.07, 6.45) is 0.875. The highest BCUT2D eigenvalue weighted by Crippen LogP contribution is 2.39. The first-order chi connectivity index (χ1) is 23.8. The van der Waals surface area contributed by atoms with Crippen LogP contribution in [0, 0.1) is 5.82 Å². The van der Waals surface area contributed by atoms with Crippen molar-refractivity contribution in [1.82, 2.24) is 19.2 Å². The molecule has 256 valence electrons. The molecule has 0 bridgehead atoms. The van der Waals surface area contributed by atoms with E-state index in [0.29, 0.717) is 27.4 Å². The molecule has 1 aromatic heterocycles. The Kier molecular flexibility index (Phi) is 7.89. The van der Waals surface area contributed by atoms with Crippen LogP contribution in [0.5, 0.6) is 5.75 Å². The first-order valence-electron chi connectivity index (χ1n) is 15.5. The molecule has 1 unspecified atom stereocenters. The van der Waals surface area contributed by atoms with Crippen molar-refractivity contribution < 1.29 is 37.1 Å². The summed E-state index contributed by atoms with van der Waals surface area (Å²) in [5.41, 5.74) is 3.05. The number of phenols is 1. The summed E-state index contributed by atoms with van der Waals surface area (Å²) in [6, 6.07) is 17.7. The van der Waals surface area contributed by atoms with E-state index in [-0.39, 0.29) is 47.5 Å². The number of carbonyl (C=O) groups excluding carboxylic acids is 4. The second-order valence-corrected chi connectivity index (χ2v) is 13.8. The first-order valence-corrected chi connectivity index (χ1v) is 17.0. The maximum Gasteiger partial charge on any atom is 0.329 e. The monoisotopic (exact) mass is 700 g/mol. The highest BCUT2D eigenvalue weighted by Gasteiger charge is 2.38. The molecular weight excluding hydrogens is 671 g/mol. The molecule has 0 aliphatic carbocycles. The fourth-order valence-corrected chi connectivity index (χ4v) is 7.62. The van der Waals surface area contributed by atoms with E-state index in [2.05, 4.69) is 10.6 Å². The molecule has 2 saturated heterocycles. The van der Waals surface area contributed by atoms with Gasteiger partial charge in [0.15, 0.2) is 5.82 Å². The fraction of sp³-hybridized carbons (Fsp3) is 0.206.